The number of benzene rings is 2. The molecule has 3 rings (SSSR count). The number of halogens is 1. The van der Waals surface area contributed by atoms with E-state index in [0.29, 0.717) is 24.3 Å². The lowest BCUT2D eigenvalue weighted by Crippen LogP contribution is -2.38. The summed E-state index contributed by atoms with van der Waals surface area (Å²) in [7, 11) is -3.29. The summed E-state index contributed by atoms with van der Waals surface area (Å²) in [5.74, 6) is -0.985. The number of nitrogens with one attached hydrogen (secondary N) is 1. The summed E-state index contributed by atoms with van der Waals surface area (Å²) in [6.07, 6.45) is 1.50. The van der Waals surface area contributed by atoms with Crippen LogP contribution in [0.1, 0.15) is 28.8 Å². The number of aryl methyl sites for hydroxylation is 1. The molecule has 132 valence electrons. The first-order valence-corrected chi connectivity index (χ1v) is 9.66. The molecule has 1 saturated heterocycles. The minimum absolute atomic E-state index is 0.0390. The summed E-state index contributed by atoms with van der Waals surface area (Å²) >= 11 is 0. The Hall–Kier alpha value is -2.41. The van der Waals surface area contributed by atoms with Crippen molar-refractivity contribution in [2.45, 2.75) is 19.8 Å². The molecule has 7 heteroatoms. The van der Waals surface area contributed by atoms with E-state index in [1.54, 1.807) is 31.2 Å². The zero-order valence-electron chi connectivity index (χ0n) is 13.8. The highest BCUT2D eigenvalue weighted by molar-refractivity contribution is 7.92. The van der Waals surface area contributed by atoms with Crippen LogP contribution >= 0.6 is 0 Å². The summed E-state index contributed by atoms with van der Waals surface area (Å²) in [6, 6.07) is 10.7. The number of hydrogen-bond acceptors (Lipinski definition) is 3. The molecule has 2 aromatic rings. The Kier molecular flexibility index (Phi) is 4.76. The summed E-state index contributed by atoms with van der Waals surface area (Å²) in [5, 5.41) is 2.64. The predicted octanol–water partition coefficient (Wildman–Crippen LogP) is 3.32. The fraction of sp³-hybridized carbons (Fsp3) is 0.278. The molecule has 0 aromatic heterocycles. The summed E-state index contributed by atoms with van der Waals surface area (Å²) in [4.78, 5) is 12.2. The lowest BCUT2D eigenvalue weighted by molar-refractivity contribution is 0.102. The van der Waals surface area contributed by atoms with Gasteiger partial charge in [0, 0.05) is 12.2 Å². The molecule has 2 aromatic carbocycles. The fourth-order valence-corrected chi connectivity index (χ4v) is 4.62. The standard InChI is InChI=1S/C18H19FN2O3S/c1-13-12-14(20-18(22)15-6-2-3-7-16(15)19)8-9-17(13)21-10-4-5-11-25(21,23)24/h2-3,6-9,12H,4-5,10-11H2,1H3,(H,20,22). The molecule has 0 atom stereocenters. The van der Waals surface area contributed by atoms with Crippen LogP contribution in [0, 0.1) is 12.7 Å². The van der Waals surface area contributed by atoms with Crippen LogP contribution in [0.3, 0.4) is 0 Å². The highest BCUT2D eigenvalue weighted by Crippen LogP contribution is 2.29. The van der Waals surface area contributed by atoms with Gasteiger partial charge in [0.1, 0.15) is 5.82 Å². The second-order valence-corrected chi connectivity index (χ2v) is 8.04. The highest BCUT2D eigenvalue weighted by Gasteiger charge is 2.27. The molecule has 1 aliphatic rings. The van der Waals surface area contributed by atoms with E-state index in [2.05, 4.69) is 5.32 Å². The molecule has 0 spiro atoms. The molecule has 0 unspecified atom stereocenters. The van der Waals surface area contributed by atoms with E-state index in [1.807, 2.05) is 0 Å². The molecule has 0 radical (unpaired) electrons. The molecule has 5 nitrogen and oxygen atoms in total. The zero-order valence-corrected chi connectivity index (χ0v) is 14.6. The first-order valence-electron chi connectivity index (χ1n) is 8.05. The van der Waals surface area contributed by atoms with Gasteiger partial charge in [0.05, 0.1) is 17.0 Å². The van der Waals surface area contributed by atoms with Crippen LogP contribution in [-0.4, -0.2) is 26.6 Å². The molecule has 1 amide bonds. The van der Waals surface area contributed by atoms with E-state index >= 15 is 0 Å². The van der Waals surface area contributed by atoms with Gasteiger partial charge in [-0.15, -0.1) is 0 Å². The van der Waals surface area contributed by atoms with Crippen molar-refractivity contribution in [2.24, 2.45) is 0 Å². The Balaban J connectivity index is 1.83. The molecule has 0 saturated carbocycles. The quantitative estimate of drug-likeness (QED) is 0.911. The van der Waals surface area contributed by atoms with Crippen molar-refractivity contribution in [1.82, 2.24) is 0 Å². The monoisotopic (exact) mass is 362 g/mol. The lowest BCUT2D eigenvalue weighted by Gasteiger charge is -2.29. The number of hydrogen-bond donors (Lipinski definition) is 1. The van der Waals surface area contributed by atoms with Crippen molar-refractivity contribution in [2.75, 3.05) is 21.9 Å². The van der Waals surface area contributed by atoms with E-state index < -0.39 is 21.7 Å². The third-order valence-corrected chi connectivity index (χ3v) is 6.05. The second kappa shape index (κ2) is 6.84. The van der Waals surface area contributed by atoms with Gasteiger partial charge in [-0.25, -0.2) is 12.8 Å². The largest absolute Gasteiger partial charge is 0.322 e. The van der Waals surface area contributed by atoms with Crippen LogP contribution in [0.4, 0.5) is 15.8 Å². The van der Waals surface area contributed by atoms with E-state index in [-0.39, 0.29) is 11.3 Å². The maximum absolute atomic E-state index is 13.7. The first kappa shape index (κ1) is 17.4. The van der Waals surface area contributed by atoms with E-state index in [9.17, 15) is 17.6 Å². The van der Waals surface area contributed by atoms with E-state index in [1.165, 1.54) is 22.5 Å². The highest BCUT2D eigenvalue weighted by atomic mass is 32.2. The number of sulfonamides is 1. The minimum atomic E-state index is -3.29. The van der Waals surface area contributed by atoms with Crippen molar-refractivity contribution in [3.8, 4) is 0 Å². The van der Waals surface area contributed by atoms with Gasteiger partial charge in [0.2, 0.25) is 10.0 Å². The molecule has 0 bridgehead atoms. The lowest BCUT2D eigenvalue weighted by atomic mass is 10.1. The Bertz CT molecular complexity index is 912. The van der Waals surface area contributed by atoms with Crippen LogP contribution in [-0.2, 0) is 10.0 Å². The Morgan fingerprint density at radius 2 is 1.92 bits per heavy atom. The van der Waals surface area contributed by atoms with Crippen LogP contribution in [0.2, 0.25) is 0 Å². The third kappa shape index (κ3) is 3.66. The second-order valence-electron chi connectivity index (χ2n) is 6.03. The van der Waals surface area contributed by atoms with Gasteiger partial charge in [0.15, 0.2) is 0 Å². The fourth-order valence-electron chi connectivity index (χ4n) is 2.92. The molecule has 1 N–H and O–H groups in total. The molecule has 1 aliphatic heterocycles. The van der Waals surface area contributed by atoms with Gasteiger partial charge in [-0.3, -0.25) is 9.10 Å². The van der Waals surface area contributed by atoms with Crippen molar-refractivity contribution in [3.05, 3.63) is 59.4 Å². The Labute approximate surface area is 146 Å². The molecule has 1 heterocycles. The Morgan fingerprint density at radius 3 is 2.60 bits per heavy atom. The molecular weight excluding hydrogens is 343 g/mol. The maximum atomic E-state index is 13.7. The van der Waals surface area contributed by atoms with E-state index in [4.69, 9.17) is 0 Å². The number of carbonyl (C=O) groups excluding carboxylic acids is 1. The summed E-state index contributed by atoms with van der Waals surface area (Å²) < 4.78 is 39.6. The topological polar surface area (TPSA) is 66.5 Å². The van der Waals surface area contributed by atoms with E-state index in [0.717, 1.165) is 12.0 Å². The van der Waals surface area contributed by atoms with Crippen LogP contribution < -0.4 is 9.62 Å². The molecule has 25 heavy (non-hydrogen) atoms. The summed E-state index contributed by atoms with van der Waals surface area (Å²) in [5.41, 5.74) is 1.80. The van der Waals surface area contributed by atoms with Crippen molar-refractivity contribution < 1.29 is 17.6 Å². The first-order chi connectivity index (χ1) is 11.9. The van der Waals surface area contributed by atoms with Crippen LogP contribution in [0.5, 0.6) is 0 Å². The molecule has 0 aliphatic carbocycles. The van der Waals surface area contributed by atoms with Crippen LogP contribution in [0.15, 0.2) is 42.5 Å². The van der Waals surface area contributed by atoms with Crippen molar-refractivity contribution >= 4 is 27.3 Å². The summed E-state index contributed by atoms with van der Waals surface area (Å²) in [6.45, 7) is 2.25. The normalized spacial score (nSPS) is 16.5. The number of amides is 1. The predicted molar refractivity (Wildman–Crippen MR) is 95.9 cm³/mol. The average Bonchev–Trinajstić information content (AvgIpc) is 2.56. The molecular formula is C18H19FN2O3S. The Morgan fingerprint density at radius 1 is 1.16 bits per heavy atom. The number of nitrogens with zero attached hydrogens (tertiary/aromatic N) is 1. The number of anilines is 2. The van der Waals surface area contributed by atoms with Gasteiger partial charge < -0.3 is 5.32 Å². The minimum Gasteiger partial charge on any atom is -0.322 e. The van der Waals surface area contributed by atoms with Gasteiger partial charge in [-0.2, -0.15) is 0 Å². The van der Waals surface area contributed by atoms with Gasteiger partial charge >= 0.3 is 0 Å². The number of carbonyl (C=O) groups is 1. The van der Waals surface area contributed by atoms with Crippen molar-refractivity contribution in [3.63, 3.8) is 0 Å². The van der Waals surface area contributed by atoms with Gasteiger partial charge in [-0.05, 0) is 55.7 Å². The van der Waals surface area contributed by atoms with Gasteiger partial charge in [-0.1, -0.05) is 12.1 Å². The van der Waals surface area contributed by atoms with Crippen molar-refractivity contribution in [1.29, 1.82) is 0 Å². The van der Waals surface area contributed by atoms with Gasteiger partial charge in [0.25, 0.3) is 5.91 Å². The maximum Gasteiger partial charge on any atom is 0.258 e. The average molecular weight is 362 g/mol. The third-order valence-electron chi connectivity index (χ3n) is 4.19. The van der Waals surface area contributed by atoms with Crippen LogP contribution in [0.25, 0.3) is 0 Å². The smallest absolute Gasteiger partial charge is 0.258 e. The zero-order chi connectivity index (χ0) is 18.0. The molecule has 1 fully saturated rings. The number of rotatable bonds is 3. The SMILES string of the molecule is Cc1cc(NC(=O)c2ccccc2F)ccc1N1CCCCS1(=O)=O.